The van der Waals surface area contributed by atoms with Crippen LogP contribution in [0.1, 0.15) is 26.2 Å². The van der Waals surface area contributed by atoms with E-state index in [1.54, 1.807) is 0 Å². The molecule has 0 radical (unpaired) electrons. The van der Waals surface area contributed by atoms with Crippen molar-refractivity contribution in [1.82, 2.24) is 10.2 Å². The van der Waals surface area contributed by atoms with Gasteiger partial charge in [-0.25, -0.2) is 0 Å². The summed E-state index contributed by atoms with van der Waals surface area (Å²) in [5.74, 6) is -0.0293. The van der Waals surface area contributed by atoms with Crippen LogP contribution in [-0.4, -0.2) is 49.1 Å². The van der Waals surface area contributed by atoms with E-state index < -0.39 is 0 Å². The van der Waals surface area contributed by atoms with E-state index in [9.17, 15) is 4.79 Å². The molecule has 126 valence electrons. The van der Waals surface area contributed by atoms with Gasteiger partial charge in [0, 0.05) is 44.0 Å². The highest BCUT2D eigenvalue weighted by Crippen LogP contribution is 2.19. The predicted molar refractivity (Wildman–Crippen MR) is 100 cm³/mol. The number of carbonyl (C=O) groups excluding carboxylic acids is 1. The highest BCUT2D eigenvalue weighted by molar-refractivity contribution is 7.80. The van der Waals surface area contributed by atoms with Crippen molar-refractivity contribution in [3.8, 4) is 0 Å². The normalized spacial score (nSPS) is 15.3. The lowest BCUT2D eigenvalue weighted by atomic mass is 10.2. The van der Waals surface area contributed by atoms with Crippen molar-refractivity contribution in [2.75, 3.05) is 43.4 Å². The van der Waals surface area contributed by atoms with Crippen LogP contribution in [0.3, 0.4) is 0 Å². The Morgan fingerprint density at radius 3 is 2.43 bits per heavy atom. The summed E-state index contributed by atoms with van der Waals surface area (Å²) in [7, 11) is 2.15. The van der Waals surface area contributed by atoms with Gasteiger partial charge in [-0.3, -0.25) is 4.79 Å². The van der Waals surface area contributed by atoms with Crippen molar-refractivity contribution >= 4 is 34.6 Å². The van der Waals surface area contributed by atoms with E-state index in [4.69, 9.17) is 12.2 Å². The Kier molecular flexibility index (Phi) is 6.80. The molecule has 1 aromatic carbocycles. The lowest BCUT2D eigenvalue weighted by Gasteiger charge is -2.34. The first-order chi connectivity index (χ1) is 11.1. The summed E-state index contributed by atoms with van der Waals surface area (Å²) in [5, 5.41) is 6.13. The van der Waals surface area contributed by atoms with E-state index in [0.717, 1.165) is 44.7 Å². The number of nitrogens with zero attached hydrogens (tertiary/aromatic N) is 2. The van der Waals surface area contributed by atoms with Crippen molar-refractivity contribution < 1.29 is 4.79 Å². The van der Waals surface area contributed by atoms with Gasteiger partial charge >= 0.3 is 0 Å². The number of nitrogens with one attached hydrogen (secondary N) is 2. The molecule has 6 heteroatoms. The van der Waals surface area contributed by atoms with Gasteiger partial charge in [0.1, 0.15) is 0 Å². The molecular weight excluding hydrogens is 308 g/mol. The maximum atomic E-state index is 11.6. The molecule has 1 aliphatic heterocycles. The SMILES string of the molecule is CCCCC(=O)NC(=S)Nc1ccc(N2CCN(C)CC2)cc1. The first-order valence-electron chi connectivity index (χ1n) is 8.23. The van der Waals surface area contributed by atoms with Gasteiger partial charge in [-0.2, -0.15) is 0 Å². The number of piperazine rings is 1. The average Bonchev–Trinajstić information content (AvgIpc) is 2.54. The lowest BCUT2D eigenvalue weighted by Crippen LogP contribution is -2.44. The minimum absolute atomic E-state index is 0.0293. The zero-order valence-corrected chi connectivity index (χ0v) is 14.8. The standard InChI is InChI=1S/C17H26N4OS/c1-3-4-5-16(22)19-17(23)18-14-6-8-15(9-7-14)21-12-10-20(2)11-13-21/h6-9H,3-5,10-13H2,1-2H3,(H2,18,19,22,23). The first-order valence-corrected chi connectivity index (χ1v) is 8.63. The van der Waals surface area contributed by atoms with E-state index in [0.29, 0.717) is 11.5 Å². The van der Waals surface area contributed by atoms with Crippen molar-refractivity contribution in [3.05, 3.63) is 24.3 Å². The summed E-state index contributed by atoms with van der Waals surface area (Å²) in [6.07, 6.45) is 2.40. The summed E-state index contributed by atoms with van der Waals surface area (Å²) in [5.41, 5.74) is 2.12. The molecule has 0 unspecified atom stereocenters. The number of thiocarbonyl (C=S) groups is 1. The van der Waals surface area contributed by atoms with Gasteiger partial charge in [0.25, 0.3) is 0 Å². The van der Waals surface area contributed by atoms with Gasteiger partial charge in [-0.15, -0.1) is 0 Å². The van der Waals surface area contributed by atoms with Gasteiger partial charge in [-0.05, 0) is 50.0 Å². The molecular formula is C17H26N4OS. The van der Waals surface area contributed by atoms with Gasteiger partial charge in [0.2, 0.25) is 5.91 Å². The molecule has 0 bridgehead atoms. The Morgan fingerprint density at radius 1 is 1.17 bits per heavy atom. The summed E-state index contributed by atoms with van der Waals surface area (Å²) < 4.78 is 0. The van der Waals surface area contributed by atoms with Gasteiger partial charge in [0.05, 0.1) is 0 Å². The molecule has 1 saturated heterocycles. The van der Waals surface area contributed by atoms with E-state index in [2.05, 4.69) is 46.5 Å². The highest BCUT2D eigenvalue weighted by atomic mass is 32.1. The smallest absolute Gasteiger partial charge is 0.226 e. The summed E-state index contributed by atoms with van der Waals surface area (Å²) in [4.78, 5) is 16.4. The first kappa shape index (κ1) is 17.7. The molecule has 2 N–H and O–H groups in total. The van der Waals surface area contributed by atoms with Crippen LogP contribution in [0.4, 0.5) is 11.4 Å². The van der Waals surface area contributed by atoms with Crippen molar-refractivity contribution in [2.24, 2.45) is 0 Å². The zero-order valence-electron chi connectivity index (χ0n) is 14.0. The fourth-order valence-electron chi connectivity index (χ4n) is 2.51. The Morgan fingerprint density at radius 2 is 1.83 bits per heavy atom. The minimum Gasteiger partial charge on any atom is -0.369 e. The molecule has 0 spiro atoms. The number of hydrogen-bond donors (Lipinski definition) is 2. The number of unbranched alkanes of at least 4 members (excludes halogenated alkanes) is 1. The number of amides is 1. The topological polar surface area (TPSA) is 47.6 Å². The molecule has 1 heterocycles. The Balaban J connectivity index is 1.82. The van der Waals surface area contributed by atoms with E-state index in [1.807, 2.05) is 12.1 Å². The molecule has 2 rings (SSSR count). The third-order valence-corrected chi connectivity index (χ3v) is 4.21. The summed E-state index contributed by atoms with van der Waals surface area (Å²) in [6, 6.07) is 8.18. The molecule has 0 aromatic heterocycles. The van der Waals surface area contributed by atoms with Crippen molar-refractivity contribution in [3.63, 3.8) is 0 Å². The number of benzene rings is 1. The number of rotatable bonds is 5. The van der Waals surface area contributed by atoms with Crippen LogP contribution in [0.25, 0.3) is 0 Å². The summed E-state index contributed by atoms with van der Waals surface area (Å²) in [6.45, 7) is 6.35. The Hall–Kier alpha value is -1.66. The number of likely N-dealkylation sites (N-methyl/N-ethyl adjacent to an activating group) is 1. The van der Waals surface area contributed by atoms with Gasteiger partial charge < -0.3 is 20.4 Å². The van der Waals surface area contributed by atoms with Crippen LogP contribution in [-0.2, 0) is 4.79 Å². The predicted octanol–water partition coefficient (Wildman–Crippen LogP) is 2.44. The summed E-state index contributed by atoms with van der Waals surface area (Å²) >= 11 is 5.17. The molecule has 1 aliphatic rings. The maximum Gasteiger partial charge on any atom is 0.226 e. The van der Waals surface area contributed by atoms with E-state index in [1.165, 1.54) is 5.69 Å². The number of carbonyl (C=O) groups is 1. The Bertz CT molecular complexity index is 524. The molecule has 1 fully saturated rings. The molecule has 1 aromatic rings. The van der Waals surface area contributed by atoms with Crippen LogP contribution < -0.4 is 15.5 Å². The maximum absolute atomic E-state index is 11.6. The third-order valence-electron chi connectivity index (χ3n) is 4.00. The highest BCUT2D eigenvalue weighted by Gasteiger charge is 2.14. The van der Waals surface area contributed by atoms with Crippen LogP contribution in [0.5, 0.6) is 0 Å². The molecule has 0 saturated carbocycles. The zero-order chi connectivity index (χ0) is 16.7. The number of hydrogen-bond acceptors (Lipinski definition) is 4. The van der Waals surface area contributed by atoms with Crippen molar-refractivity contribution in [2.45, 2.75) is 26.2 Å². The average molecular weight is 334 g/mol. The van der Waals surface area contributed by atoms with Gasteiger partial charge in [-0.1, -0.05) is 13.3 Å². The van der Waals surface area contributed by atoms with Crippen LogP contribution >= 0.6 is 12.2 Å². The fourth-order valence-corrected chi connectivity index (χ4v) is 2.74. The van der Waals surface area contributed by atoms with Crippen molar-refractivity contribution in [1.29, 1.82) is 0 Å². The van der Waals surface area contributed by atoms with Crippen LogP contribution in [0.15, 0.2) is 24.3 Å². The number of anilines is 2. The monoisotopic (exact) mass is 334 g/mol. The second-order valence-electron chi connectivity index (χ2n) is 5.94. The van der Waals surface area contributed by atoms with E-state index >= 15 is 0 Å². The Labute approximate surface area is 144 Å². The quantitative estimate of drug-likeness (QED) is 0.810. The van der Waals surface area contributed by atoms with Crippen LogP contribution in [0, 0.1) is 0 Å². The van der Waals surface area contributed by atoms with E-state index in [-0.39, 0.29) is 5.91 Å². The van der Waals surface area contributed by atoms with Crippen LogP contribution in [0.2, 0.25) is 0 Å². The molecule has 23 heavy (non-hydrogen) atoms. The molecule has 1 amide bonds. The minimum atomic E-state index is -0.0293. The second-order valence-corrected chi connectivity index (χ2v) is 6.35. The molecule has 0 atom stereocenters. The lowest BCUT2D eigenvalue weighted by molar-refractivity contribution is -0.119. The largest absolute Gasteiger partial charge is 0.369 e. The van der Waals surface area contributed by atoms with Gasteiger partial charge in [0.15, 0.2) is 5.11 Å². The molecule has 0 aliphatic carbocycles. The second kappa shape index (κ2) is 8.84. The molecule has 5 nitrogen and oxygen atoms in total. The third kappa shape index (κ3) is 5.80. The fraction of sp³-hybridized carbons (Fsp3) is 0.529.